The molecule has 5 rings (SSSR count). The van der Waals surface area contributed by atoms with Crippen LogP contribution in [-0.2, 0) is 14.3 Å². The van der Waals surface area contributed by atoms with Crippen LogP contribution in [0.3, 0.4) is 0 Å². The number of phenolic OH excluding ortho intramolecular Hbond substituents is 3. The molecule has 14 nitrogen and oxygen atoms in total. The van der Waals surface area contributed by atoms with Gasteiger partial charge in [-0.1, -0.05) is 52.8 Å². The van der Waals surface area contributed by atoms with Crippen LogP contribution in [-0.4, -0.2) is 100 Å². The molecule has 5 bridgehead atoms. The number of anilines is 1. The molecule has 296 valence electrons. The number of carbonyl (C=O) groups is 2. The summed E-state index contributed by atoms with van der Waals surface area (Å²) in [5, 5.41) is 68.6. The Morgan fingerprint density at radius 3 is 2.26 bits per heavy atom. The number of ether oxygens (including phenoxy) is 3. The number of phenols is 3. The van der Waals surface area contributed by atoms with Crippen molar-refractivity contribution < 1.29 is 49.3 Å². The smallest absolute Gasteiger partial charge is 0.312 e. The largest absolute Gasteiger partial charge is 0.507 e. The van der Waals surface area contributed by atoms with Gasteiger partial charge in [-0.25, -0.2) is 0 Å². The van der Waals surface area contributed by atoms with Crippen molar-refractivity contribution in [3.63, 3.8) is 0 Å². The first-order valence-corrected chi connectivity index (χ1v) is 18.1. The van der Waals surface area contributed by atoms with Gasteiger partial charge >= 0.3 is 5.79 Å². The molecule has 0 aliphatic carbocycles. The Morgan fingerprint density at radius 1 is 0.963 bits per heavy atom. The number of hydrazone groups is 1. The molecule has 0 unspecified atom stereocenters. The number of methoxy groups -OCH3 is 1. The average molecular weight is 753 g/mol. The van der Waals surface area contributed by atoms with Gasteiger partial charge in [-0.3, -0.25) is 14.6 Å². The van der Waals surface area contributed by atoms with Gasteiger partial charge in [0.2, 0.25) is 0 Å². The summed E-state index contributed by atoms with van der Waals surface area (Å²) in [4.78, 5) is 27.9. The molecule has 9 atom stereocenters. The van der Waals surface area contributed by atoms with E-state index >= 15 is 0 Å². The number of carbonyl (C=O) groups excluding carboxylic acids is 2. The Morgan fingerprint density at radius 2 is 1.63 bits per heavy atom. The van der Waals surface area contributed by atoms with Gasteiger partial charge in [0.1, 0.15) is 17.2 Å². The fourth-order valence-corrected chi connectivity index (χ4v) is 7.12. The van der Waals surface area contributed by atoms with E-state index in [4.69, 9.17) is 14.2 Å². The molecule has 0 fully saturated rings. The molecule has 0 radical (unpaired) electrons. The van der Waals surface area contributed by atoms with E-state index in [9.17, 15) is 35.1 Å². The minimum Gasteiger partial charge on any atom is -0.507 e. The number of ketones is 1. The van der Waals surface area contributed by atoms with Gasteiger partial charge in [0.05, 0.1) is 59.7 Å². The molecule has 2 aromatic rings. The predicted molar refractivity (Wildman–Crippen MR) is 207 cm³/mol. The molecule has 3 aliphatic heterocycles. The minimum atomic E-state index is -1.96. The molecular weight excluding hydrogens is 696 g/mol. The van der Waals surface area contributed by atoms with Crippen molar-refractivity contribution in [3.8, 4) is 23.0 Å². The second kappa shape index (κ2) is 16.8. The van der Waals surface area contributed by atoms with Crippen LogP contribution in [0.2, 0.25) is 0 Å². The van der Waals surface area contributed by atoms with Crippen LogP contribution in [0.4, 0.5) is 5.69 Å². The molecule has 0 spiro atoms. The maximum atomic E-state index is 14.3. The molecule has 3 aliphatic rings. The van der Waals surface area contributed by atoms with Crippen molar-refractivity contribution in [1.29, 1.82) is 0 Å². The van der Waals surface area contributed by atoms with Crippen molar-refractivity contribution >= 4 is 34.4 Å². The maximum absolute atomic E-state index is 14.3. The lowest BCUT2D eigenvalue weighted by atomic mass is 9.74. The molecule has 2 aromatic carbocycles. The number of fused-ring (bicyclic) bond motifs is 14. The number of Topliss-reactive ketones (excluding diaryl/α,β-unsaturated/α-hetero) is 1. The van der Waals surface area contributed by atoms with Crippen molar-refractivity contribution in [2.24, 2.45) is 34.7 Å². The van der Waals surface area contributed by atoms with Gasteiger partial charge in [0, 0.05) is 49.4 Å². The summed E-state index contributed by atoms with van der Waals surface area (Å²) in [5.41, 5.74) is -0.268. The number of nitrogens with one attached hydrogen (secondary N) is 2. The zero-order valence-corrected chi connectivity index (χ0v) is 33.0. The fraction of sp³-hybridized carbons (Fsp3) is 0.525. The average Bonchev–Trinajstić information content (AvgIpc) is 3.40. The van der Waals surface area contributed by atoms with E-state index in [0.717, 1.165) is 0 Å². The second-order valence-corrected chi connectivity index (χ2v) is 14.8. The number of aromatic hydroxyl groups is 3. The van der Waals surface area contributed by atoms with Crippen LogP contribution in [0.1, 0.15) is 70.0 Å². The van der Waals surface area contributed by atoms with Gasteiger partial charge in [-0.2, -0.15) is 5.10 Å². The Balaban J connectivity index is 1.97. The number of benzene rings is 2. The zero-order valence-electron chi connectivity index (χ0n) is 33.0. The first-order valence-electron chi connectivity index (χ1n) is 18.1. The summed E-state index contributed by atoms with van der Waals surface area (Å²) in [6, 6.07) is 0. The lowest BCUT2D eigenvalue weighted by molar-refractivity contribution is -0.112. The predicted octanol–water partition coefficient (Wildman–Crippen LogP) is 4.90. The molecule has 0 aromatic heterocycles. The highest BCUT2D eigenvalue weighted by Crippen LogP contribution is 2.55. The van der Waals surface area contributed by atoms with Gasteiger partial charge < -0.3 is 50.4 Å². The first kappa shape index (κ1) is 42.1. The molecule has 1 amide bonds. The Labute approximate surface area is 316 Å². The zero-order chi connectivity index (χ0) is 40.4. The standard InChI is InChI=1S/C40H56N4O10/c1-19-13-12-14-20(2)39(51)43-31-26(17-42-44(10)18-41-9)35(48)28-29(36(31)49)34(47)25(7)37-30(28)38(50)40(8,54-37)53-16-15-27(52-11)22(4)21(3)23(5)33(46)24(6)32(19)45/h12-17,19,21-24,27,32-33,41,45-49H,18H2,1-11H3,(H,43,51)/b13-12+,16-15+,20-14-,42-17+/t19-,21+,22-,23-,24+,27-,32-,33-,40-/m0/s1. The van der Waals surface area contributed by atoms with Crippen LogP contribution in [0.25, 0.3) is 10.8 Å². The summed E-state index contributed by atoms with van der Waals surface area (Å²) in [6.07, 6.45) is 6.77. The van der Waals surface area contributed by atoms with Gasteiger partial charge in [-0.15, -0.1) is 0 Å². The van der Waals surface area contributed by atoms with Crippen molar-refractivity contribution in [2.75, 3.05) is 33.2 Å². The SMILES string of the molecule is CNCN(C)/N=C/c1c2c(O)c3c(O)c(C)c4c(c3c1O)C(=O)[C@@](C)(O/C=C/[C@H](OC)[C@@H](C)[C@@H](C)[C@H](C)[C@H](O)[C@H](C)[C@@H](O)[C@@H](C)/C=C/C=C(/C)C(=O)N2)O4. The molecule has 3 heterocycles. The summed E-state index contributed by atoms with van der Waals surface area (Å²) in [7, 11) is 4.91. The minimum absolute atomic E-state index is 0.0581. The third-order valence-electron chi connectivity index (χ3n) is 11.1. The molecule has 7 N–H and O–H groups in total. The number of hydrogen-bond donors (Lipinski definition) is 7. The van der Waals surface area contributed by atoms with Gasteiger partial charge in [0.15, 0.2) is 5.75 Å². The van der Waals surface area contributed by atoms with E-state index in [1.54, 1.807) is 53.3 Å². The molecule has 0 saturated carbocycles. The number of nitrogens with zero attached hydrogens (tertiary/aromatic N) is 2. The monoisotopic (exact) mass is 752 g/mol. The van der Waals surface area contributed by atoms with Crippen LogP contribution in [0.5, 0.6) is 23.0 Å². The lowest BCUT2D eigenvalue weighted by Gasteiger charge is -2.37. The quantitative estimate of drug-likeness (QED) is 0.0717. The van der Waals surface area contributed by atoms with Crippen LogP contribution < -0.4 is 15.4 Å². The topological polar surface area (TPSA) is 203 Å². The third kappa shape index (κ3) is 7.92. The number of amides is 1. The normalized spacial score (nSPS) is 31.9. The van der Waals surface area contributed by atoms with E-state index in [0.29, 0.717) is 6.67 Å². The molecule has 14 heteroatoms. The van der Waals surface area contributed by atoms with Crippen LogP contribution >= 0.6 is 0 Å². The lowest BCUT2D eigenvalue weighted by Crippen LogP contribution is -2.41. The highest BCUT2D eigenvalue weighted by atomic mass is 16.7. The first-order chi connectivity index (χ1) is 25.3. The van der Waals surface area contributed by atoms with Crippen molar-refractivity contribution in [2.45, 2.75) is 79.5 Å². The summed E-state index contributed by atoms with van der Waals surface area (Å²) in [6.45, 7) is 14.2. The third-order valence-corrected chi connectivity index (χ3v) is 11.1. The Kier molecular flexibility index (Phi) is 13.1. The number of aliphatic hydroxyl groups is 2. The Bertz CT molecular complexity index is 1870. The highest BCUT2D eigenvalue weighted by molar-refractivity contribution is 6.23. The molecule has 0 saturated heterocycles. The summed E-state index contributed by atoms with van der Waals surface area (Å²) in [5.74, 6) is -6.44. The van der Waals surface area contributed by atoms with E-state index in [-0.39, 0.29) is 62.2 Å². The van der Waals surface area contributed by atoms with Crippen LogP contribution in [0, 0.1) is 36.5 Å². The van der Waals surface area contributed by atoms with E-state index < -0.39 is 64.9 Å². The second-order valence-electron chi connectivity index (χ2n) is 14.8. The number of hydrogen-bond acceptors (Lipinski definition) is 13. The molecule has 54 heavy (non-hydrogen) atoms. The van der Waals surface area contributed by atoms with Gasteiger partial charge in [0.25, 0.3) is 11.7 Å². The van der Waals surface area contributed by atoms with Crippen molar-refractivity contribution in [3.05, 3.63) is 52.8 Å². The summed E-state index contributed by atoms with van der Waals surface area (Å²) >= 11 is 0. The summed E-state index contributed by atoms with van der Waals surface area (Å²) < 4.78 is 17.9. The number of rotatable bonds is 5. The van der Waals surface area contributed by atoms with Gasteiger partial charge in [-0.05, 0) is 44.7 Å². The Hall–Kier alpha value is -4.63. The maximum Gasteiger partial charge on any atom is 0.312 e. The fourth-order valence-electron chi connectivity index (χ4n) is 7.12. The number of aliphatic hydroxyl groups excluding tert-OH is 2. The van der Waals surface area contributed by atoms with E-state index in [1.807, 2.05) is 27.7 Å². The highest BCUT2D eigenvalue weighted by Gasteiger charge is 2.49. The van der Waals surface area contributed by atoms with E-state index in [2.05, 4.69) is 15.7 Å². The molecular formula is C40H56N4O10. The number of allylic oxidation sites excluding steroid dienone is 2. The van der Waals surface area contributed by atoms with E-state index in [1.165, 1.54) is 37.4 Å². The van der Waals surface area contributed by atoms with Crippen LogP contribution in [0.15, 0.2) is 41.2 Å². The van der Waals surface area contributed by atoms with Crippen molar-refractivity contribution in [1.82, 2.24) is 10.3 Å².